The highest BCUT2D eigenvalue weighted by Gasteiger charge is 2.22. The second-order valence-electron chi connectivity index (χ2n) is 5.42. The summed E-state index contributed by atoms with van der Waals surface area (Å²) in [5.74, 6) is -1.73. The first-order valence-corrected chi connectivity index (χ1v) is 10.0. The quantitative estimate of drug-likeness (QED) is 0.539. The minimum atomic E-state index is -3.61. The molecule has 2 N–H and O–H groups in total. The highest BCUT2D eigenvalue weighted by molar-refractivity contribution is 7.89. The summed E-state index contributed by atoms with van der Waals surface area (Å²) in [7, 11) is -3.61. The van der Waals surface area contributed by atoms with Crippen molar-refractivity contribution >= 4 is 27.8 Å². The number of carbonyl (C=O) groups is 3. The number of ether oxygens (including phenoxy) is 1. The Hall–Kier alpha value is -2.46. The molecule has 0 fully saturated rings. The van der Waals surface area contributed by atoms with E-state index in [1.165, 1.54) is 28.6 Å². The van der Waals surface area contributed by atoms with Gasteiger partial charge >= 0.3 is 5.97 Å². The molecule has 9 nitrogen and oxygen atoms in total. The zero-order chi connectivity index (χ0) is 20.4. The third kappa shape index (κ3) is 6.65. The van der Waals surface area contributed by atoms with Crippen LogP contribution in [-0.4, -0.2) is 63.3 Å². The summed E-state index contributed by atoms with van der Waals surface area (Å²) in [5.41, 5.74) is 0.116. The molecule has 0 heterocycles. The number of nitrogens with zero attached hydrogens (tertiary/aromatic N) is 1. The molecule has 0 aliphatic rings. The summed E-state index contributed by atoms with van der Waals surface area (Å²) in [6.45, 7) is 5.61. The van der Waals surface area contributed by atoms with Crippen molar-refractivity contribution in [1.82, 2.24) is 14.9 Å². The molecule has 10 heteroatoms. The summed E-state index contributed by atoms with van der Waals surface area (Å²) < 4.78 is 30.9. The third-order valence-electron chi connectivity index (χ3n) is 3.59. The van der Waals surface area contributed by atoms with Gasteiger partial charge in [-0.3, -0.25) is 9.59 Å². The number of sulfonamides is 1. The topological polar surface area (TPSA) is 122 Å². The van der Waals surface area contributed by atoms with Crippen molar-refractivity contribution < 1.29 is 27.5 Å². The van der Waals surface area contributed by atoms with Crippen LogP contribution >= 0.6 is 0 Å². The van der Waals surface area contributed by atoms with E-state index in [9.17, 15) is 22.8 Å². The molecule has 0 bridgehead atoms. The highest BCUT2D eigenvalue weighted by Crippen LogP contribution is 2.16. The Morgan fingerprint density at radius 1 is 0.963 bits per heavy atom. The second kappa shape index (κ2) is 10.6. The third-order valence-corrected chi connectivity index (χ3v) is 5.65. The number of rotatable bonds is 10. The van der Waals surface area contributed by atoms with E-state index in [2.05, 4.69) is 10.6 Å². The molecule has 0 radical (unpaired) electrons. The number of hydrogen-bond donors (Lipinski definition) is 2. The molecule has 0 aromatic heterocycles. The van der Waals surface area contributed by atoms with Gasteiger partial charge in [-0.1, -0.05) is 13.8 Å². The molecular weight excluding hydrogens is 374 g/mol. The van der Waals surface area contributed by atoms with Gasteiger partial charge in [0.1, 0.15) is 0 Å². The van der Waals surface area contributed by atoms with Crippen molar-refractivity contribution in [3.8, 4) is 0 Å². The molecule has 1 aromatic rings. The van der Waals surface area contributed by atoms with Gasteiger partial charge < -0.3 is 15.4 Å². The van der Waals surface area contributed by atoms with E-state index in [-0.39, 0.29) is 22.9 Å². The predicted molar refractivity (Wildman–Crippen MR) is 98.5 cm³/mol. The Labute approximate surface area is 159 Å². The van der Waals surface area contributed by atoms with Crippen LogP contribution in [-0.2, 0) is 24.3 Å². The summed E-state index contributed by atoms with van der Waals surface area (Å²) in [4.78, 5) is 34.8. The lowest BCUT2D eigenvalue weighted by atomic mass is 10.2. The molecule has 0 saturated heterocycles. The molecule has 0 unspecified atom stereocenters. The van der Waals surface area contributed by atoms with Crippen molar-refractivity contribution in [2.45, 2.75) is 25.7 Å². The first-order valence-electron chi connectivity index (χ1n) is 8.56. The van der Waals surface area contributed by atoms with Crippen molar-refractivity contribution in [1.29, 1.82) is 0 Å². The minimum absolute atomic E-state index is 0.0717. The standard InChI is InChI=1S/C17H25N3O6S/c1-4-18-15(21)11-19-16(22)12-26-17(23)13-7-9-14(10-8-13)27(24,25)20(5-2)6-3/h7-10H,4-6,11-12H2,1-3H3,(H,18,21)(H,19,22). The van der Waals surface area contributed by atoms with Gasteiger partial charge in [-0.15, -0.1) is 0 Å². The Balaban J connectivity index is 2.62. The van der Waals surface area contributed by atoms with Crippen LogP contribution in [0.1, 0.15) is 31.1 Å². The molecule has 27 heavy (non-hydrogen) atoms. The van der Waals surface area contributed by atoms with Gasteiger partial charge in [0.25, 0.3) is 5.91 Å². The highest BCUT2D eigenvalue weighted by atomic mass is 32.2. The van der Waals surface area contributed by atoms with E-state index in [0.29, 0.717) is 19.6 Å². The maximum atomic E-state index is 12.4. The van der Waals surface area contributed by atoms with Crippen molar-refractivity contribution in [3.63, 3.8) is 0 Å². The molecule has 0 spiro atoms. The molecular formula is C17H25N3O6S. The molecule has 0 aliphatic heterocycles. The second-order valence-corrected chi connectivity index (χ2v) is 7.36. The van der Waals surface area contributed by atoms with Crippen LogP contribution in [0, 0.1) is 0 Å². The molecule has 150 valence electrons. The zero-order valence-electron chi connectivity index (χ0n) is 15.6. The Bertz CT molecular complexity index is 757. The van der Waals surface area contributed by atoms with Crippen LogP contribution in [0.15, 0.2) is 29.2 Å². The number of nitrogens with one attached hydrogen (secondary N) is 2. The van der Waals surface area contributed by atoms with Gasteiger partial charge in [0.2, 0.25) is 15.9 Å². The Morgan fingerprint density at radius 3 is 2.07 bits per heavy atom. The minimum Gasteiger partial charge on any atom is -0.452 e. The van der Waals surface area contributed by atoms with E-state index in [4.69, 9.17) is 4.74 Å². The van der Waals surface area contributed by atoms with Gasteiger partial charge in [-0.25, -0.2) is 13.2 Å². The number of carbonyl (C=O) groups excluding carboxylic acids is 3. The van der Waals surface area contributed by atoms with E-state index in [0.717, 1.165) is 0 Å². The lowest BCUT2D eigenvalue weighted by Gasteiger charge is -2.18. The fourth-order valence-corrected chi connectivity index (χ4v) is 3.64. The van der Waals surface area contributed by atoms with Crippen LogP contribution in [0.4, 0.5) is 0 Å². The number of amides is 2. The lowest BCUT2D eigenvalue weighted by Crippen LogP contribution is -2.38. The molecule has 2 amide bonds. The van der Waals surface area contributed by atoms with Crippen molar-refractivity contribution in [2.75, 3.05) is 32.8 Å². The van der Waals surface area contributed by atoms with Crippen LogP contribution in [0.2, 0.25) is 0 Å². The van der Waals surface area contributed by atoms with Crippen LogP contribution in [0.3, 0.4) is 0 Å². The van der Waals surface area contributed by atoms with E-state index in [1.54, 1.807) is 20.8 Å². The van der Waals surface area contributed by atoms with E-state index < -0.39 is 28.5 Å². The monoisotopic (exact) mass is 399 g/mol. The fourth-order valence-electron chi connectivity index (χ4n) is 2.18. The van der Waals surface area contributed by atoms with Gasteiger partial charge in [-0.2, -0.15) is 4.31 Å². The summed E-state index contributed by atoms with van der Waals surface area (Å²) in [6.07, 6.45) is 0. The SMILES string of the molecule is CCNC(=O)CNC(=O)COC(=O)c1ccc(S(=O)(=O)N(CC)CC)cc1. The van der Waals surface area contributed by atoms with Gasteiger partial charge in [0.05, 0.1) is 17.0 Å². The predicted octanol–water partition coefficient (Wildman–Crippen LogP) is 0.126. The van der Waals surface area contributed by atoms with Crippen molar-refractivity contribution in [2.24, 2.45) is 0 Å². The number of hydrogen-bond acceptors (Lipinski definition) is 6. The zero-order valence-corrected chi connectivity index (χ0v) is 16.5. The number of likely N-dealkylation sites (N-methyl/N-ethyl adjacent to an activating group) is 1. The first-order chi connectivity index (χ1) is 12.8. The largest absolute Gasteiger partial charge is 0.452 e. The molecule has 1 aromatic carbocycles. The lowest BCUT2D eigenvalue weighted by molar-refractivity contribution is -0.127. The fraction of sp³-hybridized carbons (Fsp3) is 0.471. The van der Waals surface area contributed by atoms with Gasteiger partial charge in [0.15, 0.2) is 6.61 Å². The van der Waals surface area contributed by atoms with E-state index >= 15 is 0 Å². The van der Waals surface area contributed by atoms with Gasteiger partial charge in [0, 0.05) is 19.6 Å². The smallest absolute Gasteiger partial charge is 0.338 e. The molecule has 0 atom stereocenters. The summed E-state index contributed by atoms with van der Waals surface area (Å²) in [5, 5.41) is 4.83. The van der Waals surface area contributed by atoms with Crippen LogP contribution in [0.25, 0.3) is 0 Å². The number of esters is 1. The number of benzene rings is 1. The normalized spacial score (nSPS) is 11.1. The van der Waals surface area contributed by atoms with Crippen LogP contribution < -0.4 is 10.6 Å². The van der Waals surface area contributed by atoms with Crippen LogP contribution in [0.5, 0.6) is 0 Å². The maximum absolute atomic E-state index is 12.4. The van der Waals surface area contributed by atoms with Gasteiger partial charge in [-0.05, 0) is 31.2 Å². The summed E-state index contributed by atoms with van der Waals surface area (Å²) in [6, 6.07) is 5.29. The molecule has 1 rings (SSSR count). The average molecular weight is 399 g/mol. The molecule has 0 saturated carbocycles. The maximum Gasteiger partial charge on any atom is 0.338 e. The Morgan fingerprint density at radius 2 is 1.56 bits per heavy atom. The average Bonchev–Trinajstić information content (AvgIpc) is 2.65. The Kier molecular flexibility index (Phi) is 8.89. The van der Waals surface area contributed by atoms with E-state index in [1.807, 2.05) is 0 Å². The first kappa shape index (κ1) is 22.6. The summed E-state index contributed by atoms with van der Waals surface area (Å²) >= 11 is 0. The van der Waals surface area contributed by atoms with Crippen molar-refractivity contribution in [3.05, 3.63) is 29.8 Å². The molecule has 0 aliphatic carbocycles.